The van der Waals surface area contributed by atoms with Crippen LogP contribution < -0.4 is 4.74 Å². The van der Waals surface area contributed by atoms with Gasteiger partial charge < -0.3 is 44.6 Å². The first-order valence-electron chi connectivity index (χ1n) is 13.2. The van der Waals surface area contributed by atoms with Crippen molar-refractivity contribution >= 4 is 17.3 Å². The number of phenols is 2. The minimum absolute atomic E-state index is 0.0420. The van der Waals surface area contributed by atoms with Crippen molar-refractivity contribution in [3.05, 3.63) is 51.6 Å². The molecule has 0 saturated carbocycles. The molecule has 1 fully saturated rings. The van der Waals surface area contributed by atoms with Crippen molar-refractivity contribution in [2.24, 2.45) is 0 Å². The minimum Gasteiger partial charge on any atom is -0.507 e. The number of carbonyl (C=O) groups excluding carboxylic acids is 3. The predicted molar refractivity (Wildman–Crippen MR) is 141 cm³/mol. The fourth-order valence-corrected chi connectivity index (χ4v) is 6.21. The summed E-state index contributed by atoms with van der Waals surface area (Å²) >= 11 is 0. The van der Waals surface area contributed by atoms with Crippen LogP contribution in [0.5, 0.6) is 17.2 Å². The maximum atomic E-state index is 13.7. The maximum absolute atomic E-state index is 13.7. The van der Waals surface area contributed by atoms with E-state index in [9.17, 15) is 39.9 Å². The zero-order chi connectivity index (χ0) is 30.0. The number of ketones is 3. The molecule has 2 aromatic carbocycles. The fourth-order valence-electron chi connectivity index (χ4n) is 6.21. The highest BCUT2D eigenvalue weighted by Gasteiger charge is 2.50. The number of hydrogen-bond acceptors (Lipinski definition) is 12. The highest BCUT2D eigenvalue weighted by atomic mass is 16.7. The number of likely N-dealkylation sites (N-methyl/N-ethyl adjacent to an activating group) is 1. The summed E-state index contributed by atoms with van der Waals surface area (Å²) in [4.78, 5) is 41.8. The van der Waals surface area contributed by atoms with E-state index in [4.69, 9.17) is 14.2 Å². The van der Waals surface area contributed by atoms with Gasteiger partial charge in [-0.15, -0.1) is 0 Å². The fraction of sp³-hybridized carbons (Fsp3) is 0.483. The van der Waals surface area contributed by atoms with Crippen LogP contribution in [0.25, 0.3) is 0 Å². The molecule has 41 heavy (non-hydrogen) atoms. The van der Waals surface area contributed by atoms with Crippen LogP contribution in [0.4, 0.5) is 0 Å². The third kappa shape index (κ3) is 4.51. The molecule has 0 bridgehead atoms. The summed E-state index contributed by atoms with van der Waals surface area (Å²) in [5.74, 6) is -3.68. The zero-order valence-corrected chi connectivity index (χ0v) is 23.1. The number of fused-ring (bicyclic) bond motifs is 3. The Morgan fingerprint density at radius 2 is 1.80 bits per heavy atom. The second kappa shape index (κ2) is 10.5. The van der Waals surface area contributed by atoms with Crippen LogP contribution >= 0.6 is 0 Å². The predicted octanol–water partition coefficient (Wildman–Crippen LogP) is 0.604. The summed E-state index contributed by atoms with van der Waals surface area (Å²) in [5.41, 5.74) is -3.51. The van der Waals surface area contributed by atoms with E-state index in [2.05, 4.69) is 0 Å². The molecule has 12 heteroatoms. The van der Waals surface area contributed by atoms with Crippen molar-refractivity contribution in [1.29, 1.82) is 0 Å². The van der Waals surface area contributed by atoms with Crippen molar-refractivity contribution in [1.82, 2.24) is 4.90 Å². The normalized spacial score (nSPS) is 29.1. The summed E-state index contributed by atoms with van der Waals surface area (Å²) in [5, 5.41) is 54.5. The Morgan fingerprint density at radius 1 is 1.12 bits per heavy atom. The number of nitrogens with zero attached hydrogens (tertiary/aromatic N) is 1. The first-order valence-corrected chi connectivity index (χ1v) is 13.2. The Kier molecular flexibility index (Phi) is 7.43. The maximum Gasteiger partial charge on any atom is 0.202 e. The molecule has 5 N–H and O–H groups in total. The molecule has 12 nitrogen and oxygen atoms in total. The number of ether oxygens (including phenoxy) is 3. The van der Waals surface area contributed by atoms with Gasteiger partial charge in [0, 0.05) is 42.0 Å². The van der Waals surface area contributed by atoms with E-state index in [-0.39, 0.29) is 40.5 Å². The second-order valence-electron chi connectivity index (χ2n) is 11.0. The molecular formula is C29H33NO11. The largest absolute Gasteiger partial charge is 0.507 e. The van der Waals surface area contributed by atoms with Gasteiger partial charge in [0.2, 0.25) is 5.78 Å². The molecule has 5 rings (SSSR count). The average molecular weight is 572 g/mol. The molecule has 1 heterocycles. The number of rotatable bonds is 6. The topological polar surface area (TPSA) is 183 Å². The second-order valence-corrected chi connectivity index (χ2v) is 11.0. The third-order valence-electron chi connectivity index (χ3n) is 8.39. The molecule has 0 aromatic heterocycles. The van der Waals surface area contributed by atoms with Crippen LogP contribution in [0.1, 0.15) is 68.8 Å². The van der Waals surface area contributed by atoms with E-state index in [0.29, 0.717) is 0 Å². The Balaban J connectivity index is 1.67. The Hall–Kier alpha value is -3.39. The molecule has 0 radical (unpaired) electrons. The lowest BCUT2D eigenvalue weighted by Crippen LogP contribution is -2.54. The minimum atomic E-state index is -2.23. The zero-order valence-electron chi connectivity index (χ0n) is 23.1. The number of aliphatic hydroxyl groups excluding tert-OH is 2. The lowest BCUT2D eigenvalue weighted by atomic mass is 9.72. The lowest BCUT2D eigenvalue weighted by Gasteiger charge is -2.44. The van der Waals surface area contributed by atoms with Gasteiger partial charge in [-0.3, -0.25) is 14.4 Å². The first kappa shape index (κ1) is 29.1. The summed E-state index contributed by atoms with van der Waals surface area (Å²) in [6.07, 6.45) is -4.61. The van der Waals surface area contributed by atoms with Gasteiger partial charge in [-0.05, 0) is 27.1 Å². The van der Waals surface area contributed by atoms with E-state index < -0.39 is 89.6 Å². The highest BCUT2D eigenvalue weighted by Crippen LogP contribution is 2.52. The Bertz CT molecular complexity index is 1440. The van der Waals surface area contributed by atoms with Crippen molar-refractivity contribution < 1.29 is 54.1 Å². The smallest absolute Gasteiger partial charge is 0.202 e. The quantitative estimate of drug-likeness (QED) is 0.260. The van der Waals surface area contributed by atoms with E-state index >= 15 is 0 Å². The third-order valence-corrected chi connectivity index (χ3v) is 8.39. The molecule has 3 aliphatic rings. The highest BCUT2D eigenvalue weighted by molar-refractivity contribution is 6.31. The standard InChI is InChI=1S/C29H33NO11/c1-12-24(33)15(30(2)3)8-19(40-12)41-17-10-29(38,18(32)11-31)9-14-21(17)28(37)23-22(26(14)35)25(34)13-6-5-7-16(39-4)20(13)27(23)36/h5-7,12,15,17,19,24,31,33,35,37-38H,8-11H2,1-4H3/t12?,15?,17-,19?,24?,29-/m0/s1. The number of carbonyl (C=O) groups is 3. The molecule has 0 spiro atoms. The van der Waals surface area contributed by atoms with Gasteiger partial charge in [-0.1, -0.05) is 12.1 Å². The van der Waals surface area contributed by atoms with Crippen LogP contribution in [0.2, 0.25) is 0 Å². The molecule has 1 aliphatic heterocycles. The van der Waals surface area contributed by atoms with Crippen LogP contribution in [0.3, 0.4) is 0 Å². The molecular weight excluding hydrogens is 538 g/mol. The molecule has 1 saturated heterocycles. The van der Waals surface area contributed by atoms with E-state index in [1.807, 2.05) is 0 Å². The molecule has 0 amide bonds. The van der Waals surface area contributed by atoms with Crippen LogP contribution in [-0.2, 0) is 20.7 Å². The van der Waals surface area contributed by atoms with Gasteiger partial charge in [0.15, 0.2) is 17.9 Å². The van der Waals surface area contributed by atoms with Crippen molar-refractivity contribution in [3.8, 4) is 17.2 Å². The SMILES string of the molecule is COc1cccc2c1C(=O)c1c(O)c3c(c(O)c1C2=O)C[C@@](O)(C(=O)CO)C[C@@H]3OC1CC(N(C)C)C(O)C(C)O1. The summed E-state index contributed by atoms with van der Waals surface area (Å²) < 4.78 is 17.3. The Labute approximate surface area is 235 Å². The van der Waals surface area contributed by atoms with Crippen molar-refractivity contribution in [2.45, 2.75) is 62.4 Å². The number of benzene rings is 2. The van der Waals surface area contributed by atoms with Crippen LogP contribution in [0, 0.1) is 0 Å². The average Bonchev–Trinajstić information content (AvgIpc) is 2.94. The molecule has 6 atom stereocenters. The number of methoxy groups -OCH3 is 1. The molecule has 2 aliphatic carbocycles. The molecule has 4 unspecified atom stereocenters. The van der Waals surface area contributed by atoms with E-state index in [1.54, 1.807) is 25.9 Å². The summed E-state index contributed by atoms with van der Waals surface area (Å²) in [6.45, 7) is 0.651. The number of Topliss-reactive ketones (excluding diaryl/α,β-unsaturated/α-hetero) is 1. The summed E-state index contributed by atoms with van der Waals surface area (Å²) in [7, 11) is 4.89. The van der Waals surface area contributed by atoms with Crippen molar-refractivity contribution in [2.75, 3.05) is 27.8 Å². The number of hydrogen-bond donors (Lipinski definition) is 5. The van der Waals surface area contributed by atoms with Gasteiger partial charge >= 0.3 is 0 Å². The summed E-state index contributed by atoms with van der Waals surface area (Å²) in [6, 6.07) is 4.02. The number of aliphatic hydroxyl groups is 3. The van der Waals surface area contributed by atoms with Gasteiger partial charge in [0.1, 0.15) is 29.5 Å². The number of phenolic OH excluding ortho intramolecular Hbond substituents is 2. The van der Waals surface area contributed by atoms with Gasteiger partial charge in [-0.2, -0.15) is 0 Å². The Morgan fingerprint density at radius 3 is 2.44 bits per heavy atom. The van der Waals surface area contributed by atoms with Gasteiger partial charge in [0.25, 0.3) is 0 Å². The van der Waals surface area contributed by atoms with E-state index in [0.717, 1.165) is 0 Å². The lowest BCUT2D eigenvalue weighted by molar-refractivity contribution is -0.256. The van der Waals surface area contributed by atoms with Gasteiger partial charge in [0.05, 0.1) is 42.1 Å². The monoisotopic (exact) mass is 571 g/mol. The molecule has 2 aromatic rings. The van der Waals surface area contributed by atoms with Gasteiger partial charge in [-0.25, -0.2) is 0 Å². The van der Waals surface area contributed by atoms with Crippen molar-refractivity contribution in [3.63, 3.8) is 0 Å². The van der Waals surface area contributed by atoms with Crippen LogP contribution in [0.15, 0.2) is 18.2 Å². The van der Waals surface area contributed by atoms with E-state index in [1.165, 1.54) is 25.3 Å². The first-order chi connectivity index (χ1) is 19.3. The number of aromatic hydroxyl groups is 2. The molecule has 220 valence electrons. The van der Waals surface area contributed by atoms with Crippen LogP contribution in [-0.4, -0.2) is 106 Å².